The van der Waals surface area contributed by atoms with E-state index in [4.69, 9.17) is 16.3 Å². The van der Waals surface area contributed by atoms with Crippen LogP contribution in [0.25, 0.3) is 0 Å². The van der Waals surface area contributed by atoms with Gasteiger partial charge in [0.1, 0.15) is 6.61 Å². The highest BCUT2D eigenvalue weighted by molar-refractivity contribution is 6.18. The van der Waals surface area contributed by atoms with E-state index in [0.29, 0.717) is 11.6 Å². The summed E-state index contributed by atoms with van der Waals surface area (Å²) in [6.07, 6.45) is 1.05. The lowest BCUT2D eigenvalue weighted by Crippen LogP contribution is -2.14. The second-order valence-corrected chi connectivity index (χ2v) is 3.02. The van der Waals surface area contributed by atoms with Crippen LogP contribution in [0.1, 0.15) is 5.69 Å². The number of carbonyl (C=O) groups excluding carboxylic acids is 1. The molecule has 1 aromatic rings. The Morgan fingerprint density at radius 2 is 2.43 bits per heavy atom. The van der Waals surface area contributed by atoms with E-state index in [-0.39, 0.29) is 6.61 Å². The van der Waals surface area contributed by atoms with Crippen molar-refractivity contribution in [2.75, 3.05) is 17.8 Å². The number of nitrogens with one attached hydrogen (secondary N) is 1. The van der Waals surface area contributed by atoms with Crippen molar-refractivity contribution in [3.05, 3.63) is 24.0 Å². The fourth-order valence-corrected chi connectivity index (χ4v) is 0.904. The molecule has 5 heteroatoms. The first-order valence-electron chi connectivity index (χ1n) is 4.15. The number of amides is 1. The van der Waals surface area contributed by atoms with Crippen LogP contribution in [-0.4, -0.2) is 23.6 Å². The van der Waals surface area contributed by atoms with Gasteiger partial charge in [-0.25, -0.2) is 4.79 Å². The van der Waals surface area contributed by atoms with Crippen molar-refractivity contribution >= 4 is 23.4 Å². The fraction of sp³-hybridized carbons (Fsp3) is 0.333. The van der Waals surface area contributed by atoms with Crippen molar-refractivity contribution in [2.24, 2.45) is 0 Å². The maximum absolute atomic E-state index is 11.0. The summed E-state index contributed by atoms with van der Waals surface area (Å²) < 4.78 is 4.72. The average molecular weight is 215 g/mol. The van der Waals surface area contributed by atoms with Gasteiger partial charge in [-0.1, -0.05) is 0 Å². The second kappa shape index (κ2) is 5.44. The molecule has 0 aromatic carbocycles. The van der Waals surface area contributed by atoms with Crippen molar-refractivity contribution in [3.63, 3.8) is 0 Å². The molecule has 0 unspecified atom stereocenters. The van der Waals surface area contributed by atoms with Gasteiger partial charge in [0.15, 0.2) is 0 Å². The van der Waals surface area contributed by atoms with Crippen LogP contribution in [0.2, 0.25) is 0 Å². The Morgan fingerprint density at radius 3 is 3.00 bits per heavy atom. The molecular weight excluding hydrogens is 204 g/mol. The molecule has 1 rings (SSSR count). The molecule has 0 saturated carbocycles. The van der Waals surface area contributed by atoms with Gasteiger partial charge in [0.25, 0.3) is 0 Å². The lowest BCUT2D eigenvalue weighted by molar-refractivity contribution is 0.168. The minimum Gasteiger partial charge on any atom is -0.448 e. The third kappa shape index (κ3) is 3.62. The van der Waals surface area contributed by atoms with Gasteiger partial charge >= 0.3 is 6.09 Å². The standard InChI is InChI=1S/C9H11ClN2O2/c1-7-2-3-8(6-11-7)12-9(13)14-5-4-10/h2-3,6H,4-5H2,1H3,(H,12,13). The monoisotopic (exact) mass is 214 g/mol. The summed E-state index contributed by atoms with van der Waals surface area (Å²) in [5, 5.41) is 2.52. The number of anilines is 1. The van der Waals surface area contributed by atoms with E-state index >= 15 is 0 Å². The lowest BCUT2D eigenvalue weighted by atomic mass is 10.3. The summed E-state index contributed by atoms with van der Waals surface area (Å²) >= 11 is 5.35. The number of carbonyl (C=O) groups is 1. The van der Waals surface area contributed by atoms with Crippen molar-refractivity contribution in [1.82, 2.24) is 4.98 Å². The van der Waals surface area contributed by atoms with Gasteiger partial charge in [0.2, 0.25) is 0 Å². The summed E-state index contributed by atoms with van der Waals surface area (Å²) in [4.78, 5) is 15.1. The quantitative estimate of drug-likeness (QED) is 0.785. The number of hydrogen-bond acceptors (Lipinski definition) is 3. The van der Waals surface area contributed by atoms with Crippen LogP contribution in [0.5, 0.6) is 0 Å². The molecule has 4 nitrogen and oxygen atoms in total. The summed E-state index contributed by atoms with van der Waals surface area (Å²) in [6, 6.07) is 3.56. The predicted molar refractivity (Wildman–Crippen MR) is 54.7 cm³/mol. The minimum absolute atomic E-state index is 0.201. The molecule has 0 aliphatic heterocycles. The third-order valence-electron chi connectivity index (χ3n) is 1.47. The number of ether oxygens (including phenoxy) is 1. The molecule has 0 fully saturated rings. The van der Waals surface area contributed by atoms with E-state index in [1.807, 2.05) is 6.92 Å². The summed E-state index contributed by atoms with van der Waals surface area (Å²) in [5.41, 5.74) is 1.50. The number of aromatic nitrogens is 1. The SMILES string of the molecule is Cc1ccc(NC(=O)OCCCl)cn1. The number of pyridine rings is 1. The van der Waals surface area contributed by atoms with Crippen molar-refractivity contribution in [3.8, 4) is 0 Å². The zero-order valence-electron chi connectivity index (χ0n) is 7.79. The molecule has 0 atom stereocenters. The topological polar surface area (TPSA) is 51.2 Å². The predicted octanol–water partition coefficient (Wildman–Crippen LogP) is 2.18. The Labute approximate surface area is 87.2 Å². The average Bonchev–Trinajstić information content (AvgIpc) is 2.18. The highest BCUT2D eigenvalue weighted by Gasteiger charge is 2.01. The smallest absolute Gasteiger partial charge is 0.411 e. The van der Waals surface area contributed by atoms with Gasteiger partial charge in [0.05, 0.1) is 17.8 Å². The van der Waals surface area contributed by atoms with E-state index in [1.54, 1.807) is 18.3 Å². The lowest BCUT2D eigenvalue weighted by Gasteiger charge is -2.04. The highest BCUT2D eigenvalue weighted by atomic mass is 35.5. The molecule has 0 spiro atoms. The molecule has 0 aliphatic carbocycles. The number of alkyl halides is 1. The number of nitrogens with zero attached hydrogens (tertiary/aromatic N) is 1. The van der Waals surface area contributed by atoms with Crippen LogP contribution < -0.4 is 5.32 Å². The van der Waals surface area contributed by atoms with Gasteiger partial charge in [-0.2, -0.15) is 0 Å². The summed E-state index contributed by atoms with van der Waals surface area (Å²) in [7, 11) is 0. The molecule has 0 aliphatic rings. The minimum atomic E-state index is -0.517. The van der Waals surface area contributed by atoms with E-state index in [1.165, 1.54) is 0 Å². The third-order valence-corrected chi connectivity index (χ3v) is 1.62. The Hall–Kier alpha value is -1.29. The van der Waals surface area contributed by atoms with Gasteiger partial charge < -0.3 is 4.74 Å². The Morgan fingerprint density at radius 1 is 1.64 bits per heavy atom. The first kappa shape index (κ1) is 10.8. The molecular formula is C9H11ClN2O2. The first-order chi connectivity index (χ1) is 6.72. The largest absolute Gasteiger partial charge is 0.448 e. The van der Waals surface area contributed by atoms with Crippen LogP contribution in [0.3, 0.4) is 0 Å². The van der Waals surface area contributed by atoms with Crippen molar-refractivity contribution < 1.29 is 9.53 Å². The van der Waals surface area contributed by atoms with Crippen LogP contribution >= 0.6 is 11.6 Å². The van der Waals surface area contributed by atoms with Gasteiger partial charge in [-0.05, 0) is 19.1 Å². The van der Waals surface area contributed by atoms with Gasteiger partial charge in [-0.15, -0.1) is 11.6 Å². The summed E-state index contributed by atoms with van der Waals surface area (Å²) in [5.74, 6) is 0.291. The second-order valence-electron chi connectivity index (χ2n) is 2.64. The Bertz CT molecular complexity index is 300. The van der Waals surface area contributed by atoms with Crippen LogP contribution in [-0.2, 0) is 4.74 Å². The number of rotatable bonds is 3. The fourth-order valence-electron chi connectivity index (χ4n) is 0.827. The summed E-state index contributed by atoms with van der Waals surface area (Å²) in [6.45, 7) is 2.07. The van der Waals surface area contributed by atoms with Gasteiger partial charge in [0, 0.05) is 5.69 Å². The Kier molecular flexibility index (Phi) is 4.19. The number of halogens is 1. The molecule has 14 heavy (non-hydrogen) atoms. The molecule has 76 valence electrons. The molecule has 0 radical (unpaired) electrons. The molecule has 1 aromatic heterocycles. The normalized spacial score (nSPS) is 9.57. The zero-order valence-corrected chi connectivity index (χ0v) is 8.54. The van der Waals surface area contributed by atoms with Gasteiger partial charge in [-0.3, -0.25) is 10.3 Å². The maximum atomic E-state index is 11.0. The maximum Gasteiger partial charge on any atom is 0.411 e. The van der Waals surface area contributed by atoms with E-state index in [0.717, 1.165) is 5.69 Å². The molecule has 0 saturated heterocycles. The molecule has 1 amide bonds. The molecule has 1 N–H and O–H groups in total. The molecule has 0 bridgehead atoms. The van der Waals surface area contributed by atoms with Crippen LogP contribution in [0, 0.1) is 6.92 Å². The van der Waals surface area contributed by atoms with Crippen LogP contribution in [0.15, 0.2) is 18.3 Å². The first-order valence-corrected chi connectivity index (χ1v) is 4.68. The van der Waals surface area contributed by atoms with Crippen molar-refractivity contribution in [1.29, 1.82) is 0 Å². The zero-order chi connectivity index (χ0) is 10.4. The number of aryl methyl sites for hydroxylation is 1. The number of hydrogen-bond donors (Lipinski definition) is 1. The van der Waals surface area contributed by atoms with Crippen molar-refractivity contribution in [2.45, 2.75) is 6.92 Å². The Balaban J connectivity index is 2.44. The van der Waals surface area contributed by atoms with Crippen LogP contribution in [0.4, 0.5) is 10.5 Å². The highest BCUT2D eigenvalue weighted by Crippen LogP contribution is 2.05. The molecule has 1 heterocycles. The van der Waals surface area contributed by atoms with E-state index in [2.05, 4.69) is 10.3 Å². The van der Waals surface area contributed by atoms with E-state index < -0.39 is 6.09 Å². The van der Waals surface area contributed by atoms with E-state index in [9.17, 15) is 4.79 Å².